The van der Waals surface area contributed by atoms with Crippen molar-refractivity contribution in [1.29, 1.82) is 0 Å². The van der Waals surface area contributed by atoms with Gasteiger partial charge in [0.25, 0.3) is 0 Å². The van der Waals surface area contributed by atoms with E-state index in [1.54, 1.807) is 30.3 Å². The van der Waals surface area contributed by atoms with E-state index in [-0.39, 0.29) is 31.8 Å². The molecule has 0 aromatic heterocycles. The Hall–Kier alpha value is -4.24. The number of nitrogens with two attached hydrogens (primary N) is 4. The highest BCUT2D eigenvalue weighted by molar-refractivity contribution is 5.96. The number of guanidine groups is 1. The highest BCUT2D eigenvalue weighted by Gasteiger charge is 2.30. The molecule has 13 N–H and O–H groups in total. The number of benzene rings is 1. The molecule has 4 atom stereocenters. The highest BCUT2D eigenvalue weighted by atomic mass is 16.4. The van der Waals surface area contributed by atoms with Crippen LogP contribution in [-0.4, -0.2) is 83.1 Å². The first kappa shape index (κ1) is 30.8. The number of aliphatic hydroxyl groups excluding tert-OH is 1. The summed E-state index contributed by atoms with van der Waals surface area (Å²) in [5, 5.41) is 25.7. The summed E-state index contributed by atoms with van der Waals surface area (Å²) in [5.74, 6) is -5.20. The lowest BCUT2D eigenvalue weighted by atomic mass is 10.0. The number of primary amides is 1. The fourth-order valence-electron chi connectivity index (χ4n) is 3.15. The SMILES string of the molecule is NC(=O)CC(NC(=O)C(N)Cc1ccccc1)C(=O)NC(CO)C(=O)NC(CCCN=C(N)N)C(=O)O. The number of aliphatic carboxylic acids is 1. The molecule has 0 fully saturated rings. The summed E-state index contributed by atoms with van der Waals surface area (Å²) in [7, 11) is 0. The molecule has 0 bridgehead atoms. The molecule has 0 saturated carbocycles. The van der Waals surface area contributed by atoms with E-state index < -0.39 is 66.8 Å². The lowest BCUT2D eigenvalue weighted by Gasteiger charge is -2.24. The molecule has 37 heavy (non-hydrogen) atoms. The zero-order chi connectivity index (χ0) is 28.0. The second kappa shape index (κ2) is 15.7. The Morgan fingerprint density at radius 2 is 1.43 bits per heavy atom. The van der Waals surface area contributed by atoms with Crippen LogP contribution in [0.3, 0.4) is 0 Å². The van der Waals surface area contributed by atoms with Crippen molar-refractivity contribution in [3.8, 4) is 0 Å². The number of nitrogens with zero attached hydrogens (tertiary/aromatic N) is 1. The first-order chi connectivity index (χ1) is 17.4. The van der Waals surface area contributed by atoms with E-state index in [0.717, 1.165) is 5.56 Å². The van der Waals surface area contributed by atoms with Crippen molar-refractivity contribution in [2.45, 2.75) is 49.9 Å². The third kappa shape index (κ3) is 11.8. The van der Waals surface area contributed by atoms with E-state index in [0.29, 0.717) is 0 Å². The Bertz CT molecular complexity index is 969. The van der Waals surface area contributed by atoms with Gasteiger partial charge in [-0.05, 0) is 24.8 Å². The van der Waals surface area contributed by atoms with Gasteiger partial charge >= 0.3 is 5.97 Å². The zero-order valence-electron chi connectivity index (χ0n) is 20.1. The topological polar surface area (TPSA) is 278 Å². The van der Waals surface area contributed by atoms with Gasteiger partial charge in [0.15, 0.2) is 5.96 Å². The molecule has 1 aromatic rings. The molecule has 1 aromatic carbocycles. The van der Waals surface area contributed by atoms with E-state index in [1.807, 2.05) is 0 Å². The number of carbonyl (C=O) groups is 5. The number of amides is 4. The molecule has 15 nitrogen and oxygen atoms in total. The van der Waals surface area contributed by atoms with Crippen LogP contribution >= 0.6 is 0 Å². The number of hydrogen-bond acceptors (Lipinski definition) is 8. The monoisotopic (exact) mass is 522 g/mol. The van der Waals surface area contributed by atoms with Gasteiger partial charge in [0.05, 0.1) is 19.1 Å². The van der Waals surface area contributed by atoms with Crippen molar-refractivity contribution in [3.05, 3.63) is 35.9 Å². The third-order valence-electron chi connectivity index (χ3n) is 5.05. The fourth-order valence-corrected chi connectivity index (χ4v) is 3.15. The van der Waals surface area contributed by atoms with Gasteiger partial charge in [-0.15, -0.1) is 0 Å². The average molecular weight is 523 g/mol. The maximum atomic E-state index is 12.7. The largest absolute Gasteiger partial charge is 0.480 e. The molecule has 0 radical (unpaired) electrons. The van der Waals surface area contributed by atoms with Crippen LogP contribution in [0.25, 0.3) is 0 Å². The summed E-state index contributed by atoms with van der Waals surface area (Å²) >= 11 is 0. The average Bonchev–Trinajstić information content (AvgIpc) is 2.83. The minimum atomic E-state index is -1.59. The molecule has 0 aliphatic carbocycles. The van der Waals surface area contributed by atoms with Crippen molar-refractivity contribution in [2.75, 3.05) is 13.2 Å². The number of nitrogens with one attached hydrogen (secondary N) is 3. The predicted molar refractivity (Wildman–Crippen MR) is 132 cm³/mol. The first-order valence-electron chi connectivity index (χ1n) is 11.3. The molecule has 0 aliphatic heterocycles. The highest BCUT2D eigenvalue weighted by Crippen LogP contribution is 2.04. The minimum Gasteiger partial charge on any atom is -0.480 e. The number of hydrogen-bond donors (Lipinski definition) is 9. The van der Waals surface area contributed by atoms with E-state index in [1.165, 1.54) is 0 Å². The second-order valence-corrected chi connectivity index (χ2v) is 8.12. The predicted octanol–water partition coefficient (Wildman–Crippen LogP) is -3.98. The van der Waals surface area contributed by atoms with Crippen LogP contribution in [0.4, 0.5) is 0 Å². The van der Waals surface area contributed by atoms with Gasteiger partial charge in [-0.25, -0.2) is 4.79 Å². The quantitative estimate of drug-likeness (QED) is 0.0576. The number of aliphatic imine (C=N–C) groups is 1. The van der Waals surface area contributed by atoms with Gasteiger partial charge in [0.1, 0.15) is 18.1 Å². The molecular formula is C22H34N8O7. The lowest BCUT2D eigenvalue weighted by Crippen LogP contribution is -2.58. The van der Waals surface area contributed by atoms with Crippen LogP contribution in [-0.2, 0) is 30.4 Å². The van der Waals surface area contributed by atoms with Crippen LogP contribution in [0.2, 0.25) is 0 Å². The molecule has 0 saturated heterocycles. The number of aliphatic hydroxyl groups is 1. The second-order valence-electron chi connectivity index (χ2n) is 8.12. The molecule has 0 heterocycles. The normalized spacial score (nSPS) is 13.8. The Morgan fingerprint density at radius 3 is 1.97 bits per heavy atom. The maximum Gasteiger partial charge on any atom is 0.326 e. The van der Waals surface area contributed by atoms with Crippen LogP contribution in [0.1, 0.15) is 24.8 Å². The number of carboxylic acids is 1. The Morgan fingerprint density at radius 1 is 0.865 bits per heavy atom. The van der Waals surface area contributed by atoms with E-state index in [2.05, 4.69) is 20.9 Å². The zero-order valence-corrected chi connectivity index (χ0v) is 20.1. The number of carboxylic acid groups (broad SMARTS) is 1. The van der Waals surface area contributed by atoms with Crippen LogP contribution in [0, 0.1) is 0 Å². The molecule has 1 rings (SSSR count). The smallest absolute Gasteiger partial charge is 0.326 e. The van der Waals surface area contributed by atoms with Gasteiger partial charge in [0.2, 0.25) is 23.6 Å². The van der Waals surface area contributed by atoms with Gasteiger partial charge in [0, 0.05) is 6.54 Å². The van der Waals surface area contributed by atoms with Crippen molar-refractivity contribution in [3.63, 3.8) is 0 Å². The van der Waals surface area contributed by atoms with Gasteiger partial charge in [-0.2, -0.15) is 0 Å². The van der Waals surface area contributed by atoms with Crippen molar-refractivity contribution < 1.29 is 34.2 Å². The molecule has 4 unspecified atom stereocenters. The van der Waals surface area contributed by atoms with Crippen molar-refractivity contribution in [1.82, 2.24) is 16.0 Å². The summed E-state index contributed by atoms with van der Waals surface area (Å²) in [5.41, 5.74) is 22.3. The summed E-state index contributed by atoms with van der Waals surface area (Å²) in [6.45, 7) is -0.772. The Kier molecular flexibility index (Phi) is 13.1. The summed E-state index contributed by atoms with van der Waals surface area (Å²) in [6.07, 6.45) is -0.276. The molecule has 4 amide bonds. The van der Waals surface area contributed by atoms with E-state index in [9.17, 15) is 34.2 Å². The fraction of sp³-hybridized carbons (Fsp3) is 0.455. The first-order valence-corrected chi connectivity index (χ1v) is 11.3. The van der Waals surface area contributed by atoms with Crippen molar-refractivity contribution in [2.24, 2.45) is 27.9 Å². The van der Waals surface area contributed by atoms with Crippen molar-refractivity contribution >= 4 is 35.6 Å². The Labute approximate surface area is 213 Å². The molecular weight excluding hydrogens is 488 g/mol. The maximum absolute atomic E-state index is 12.7. The lowest BCUT2D eigenvalue weighted by molar-refractivity contribution is -0.143. The van der Waals surface area contributed by atoms with Crippen LogP contribution in [0.5, 0.6) is 0 Å². The van der Waals surface area contributed by atoms with E-state index in [4.69, 9.17) is 22.9 Å². The molecule has 0 aliphatic rings. The molecule has 15 heteroatoms. The summed E-state index contributed by atoms with van der Waals surface area (Å²) < 4.78 is 0. The minimum absolute atomic E-state index is 0.0381. The summed E-state index contributed by atoms with van der Waals surface area (Å²) in [4.78, 5) is 64.5. The Balaban J connectivity index is 2.81. The third-order valence-corrected chi connectivity index (χ3v) is 5.05. The van der Waals surface area contributed by atoms with E-state index >= 15 is 0 Å². The summed E-state index contributed by atoms with van der Waals surface area (Å²) in [6, 6.07) is 3.35. The standard InChI is InChI=1S/C22H34N8O7/c23-13(9-12-5-2-1-3-6-12)18(33)29-15(10-17(24)32)19(34)30-16(11-31)20(35)28-14(21(36)37)7-4-8-27-22(25)26/h1-3,5-6,13-16,31H,4,7-11,23H2,(H2,24,32)(H,28,35)(H,29,33)(H,30,34)(H,36,37)(H4,25,26,27). The van der Waals surface area contributed by atoms with Crippen LogP contribution in [0.15, 0.2) is 35.3 Å². The molecule has 204 valence electrons. The number of carbonyl (C=O) groups excluding carboxylic acids is 4. The van der Waals surface area contributed by atoms with Crippen LogP contribution < -0.4 is 38.9 Å². The molecule has 0 spiro atoms. The van der Waals surface area contributed by atoms with Gasteiger partial charge < -0.3 is 49.1 Å². The van der Waals surface area contributed by atoms with Gasteiger partial charge in [-0.3, -0.25) is 24.2 Å². The number of rotatable bonds is 16. The van der Waals surface area contributed by atoms with Gasteiger partial charge in [-0.1, -0.05) is 30.3 Å².